The first-order valence-electron chi connectivity index (χ1n) is 5.75. The minimum Gasteiger partial charge on any atom is -0.379 e. The molecule has 1 rings (SSSR count). The van der Waals surface area contributed by atoms with Crippen LogP contribution >= 0.6 is 22.6 Å². The van der Waals surface area contributed by atoms with Gasteiger partial charge >= 0.3 is 0 Å². The van der Waals surface area contributed by atoms with Crippen LogP contribution in [0, 0.1) is 3.57 Å². The number of carbonyl (C=O) groups excluding carboxylic acids is 1. The number of nitrogens with one attached hydrogen (secondary N) is 1. The second-order valence-corrected chi connectivity index (χ2v) is 5.28. The molecule has 0 saturated heterocycles. The summed E-state index contributed by atoms with van der Waals surface area (Å²) in [4.78, 5) is 11.7. The van der Waals surface area contributed by atoms with Crippen molar-refractivity contribution in [2.75, 3.05) is 13.2 Å². The number of amides is 1. The molecule has 17 heavy (non-hydrogen) atoms. The minimum absolute atomic E-state index is 0.0203. The zero-order chi connectivity index (χ0) is 12.7. The maximum atomic E-state index is 11.7. The molecule has 0 spiro atoms. The van der Waals surface area contributed by atoms with Gasteiger partial charge in [0.25, 0.3) is 5.91 Å². The molecule has 94 valence electrons. The van der Waals surface area contributed by atoms with Crippen LogP contribution in [0.15, 0.2) is 24.3 Å². The van der Waals surface area contributed by atoms with E-state index in [9.17, 15) is 4.79 Å². The van der Waals surface area contributed by atoms with Gasteiger partial charge in [-0.15, -0.1) is 0 Å². The van der Waals surface area contributed by atoms with Gasteiger partial charge in [-0.2, -0.15) is 0 Å². The van der Waals surface area contributed by atoms with Crippen LogP contribution < -0.4 is 5.32 Å². The molecule has 0 aliphatic heterocycles. The highest BCUT2D eigenvalue weighted by Crippen LogP contribution is 2.07. The molecule has 1 aromatic carbocycles. The third-order valence-electron chi connectivity index (χ3n) is 2.14. The number of ether oxygens (including phenoxy) is 1. The van der Waals surface area contributed by atoms with Crippen LogP contribution in [0.25, 0.3) is 0 Å². The number of hydrogen-bond acceptors (Lipinski definition) is 2. The van der Waals surface area contributed by atoms with Gasteiger partial charge in [0, 0.05) is 22.3 Å². The smallest absolute Gasteiger partial charge is 0.251 e. The van der Waals surface area contributed by atoms with Crippen molar-refractivity contribution in [1.29, 1.82) is 0 Å². The van der Waals surface area contributed by atoms with Gasteiger partial charge in [-0.3, -0.25) is 4.79 Å². The number of benzene rings is 1. The van der Waals surface area contributed by atoms with E-state index in [1.54, 1.807) is 0 Å². The third kappa shape index (κ3) is 6.02. The number of hydrogen-bond donors (Lipinski definition) is 1. The Kier molecular flexibility index (Phi) is 6.50. The predicted octanol–water partition coefficient (Wildman–Crippen LogP) is 2.84. The van der Waals surface area contributed by atoms with Crippen LogP contribution in [-0.2, 0) is 4.74 Å². The van der Waals surface area contributed by atoms with Crippen molar-refractivity contribution >= 4 is 28.5 Å². The van der Waals surface area contributed by atoms with E-state index in [1.165, 1.54) is 0 Å². The number of carbonyl (C=O) groups is 1. The Bertz CT molecular complexity index is 366. The maximum absolute atomic E-state index is 11.7. The molecule has 0 aliphatic rings. The highest BCUT2D eigenvalue weighted by atomic mass is 127. The fourth-order valence-corrected chi connectivity index (χ4v) is 1.87. The zero-order valence-corrected chi connectivity index (χ0v) is 12.4. The second kappa shape index (κ2) is 7.66. The first-order valence-corrected chi connectivity index (χ1v) is 6.83. The summed E-state index contributed by atoms with van der Waals surface area (Å²) in [6.07, 6.45) is 1.09. The molecule has 1 amide bonds. The van der Waals surface area contributed by atoms with Crippen LogP contribution in [0.4, 0.5) is 0 Å². The van der Waals surface area contributed by atoms with E-state index in [1.807, 2.05) is 38.1 Å². The van der Waals surface area contributed by atoms with Gasteiger partial charge < -0.3 is 10.1 Å². The first kappa shape index (κ1) is 14.4. The van der Waals surface area contributed by atoms with Gasteiger partial charge in [0.2, 0.25) is 0 Å². The lowest BCUT2D eigenvalue weighted by atomic mass is 10.2. The van der Waals surface area contributed by atoms with Gasteiger partial charge in [-0.05, 0) is 61.1 Å². The van der Waals surface area contributed by atoms with Crippen LogP contribution in [0.3, 0.4) is 0 Å². The molecular weight excluding hydrogens is 329 g/mol. The summed E-state index contributed by atoms with van der Waals surface area (Å²) in [6, 6.07) is 7.55. The van der Waals surface area contributed by atoms with E-state index in [0.717, 1.165) is 9.99 Å². The summed E-state index contributed by atoms with van der Waals surface area (Å²) in [5, 5.41) is 2.88. The normalized spacial score (nSPS) is 10.6. The molecule has 0 aliphatic carbocycles. The van der Waals surface area contributed by atoms with Crippen molar-refractivity contribution in [3.8, 4) is 0 Å². The van der Waals surface area contributed by atoms with Crippen molar-refractivity contribution in [3.63, 3.8) is 0 Å². The molecule has 0 aromatic heterocycles. The van der Waals surface area contributed by atoms with Crippen LogP contribution in [0.1, 0.15) is 30.6 Å². The standard InChI is InChI=1S/C13H18INO2/c1-10(2)17-8-4-7-15-13(16)11-5-3-6-12(14)9-11/h3,5-6,9-10H,4,7-8H2,1-2H3,(H,15,16). The molecule has 0 fully saturated rings. The molecule has 0 unspecified atom stereocenters. The van der Waals surface area contributed by atoms with Crippen LogP contribution in [0.5, 0.6) is 0 Å². The van der Waals surface area contributed by atoms with Gasteiger partial charge in [0.15, 0.2) is 0 Å². The Balaban J connectivity index is 2.26. The van der Waals surface area contributed by atoms with Crippen molar-refractivity contribution in [3.05, 3.63) is 33.4 Å². The van der Waals surface area contributed by atoms with E-state index in [-0.39, 0.29) is 12.0 Å². The lowest BCUT2D eigenvalue weighted by Gasteiger charge is -2.08. The third-order valence-corrected chi connectivity index (χ3v) is 2.82. The van der Waals surface area contributed by atoms with Crippen molar-refractivity contribution < 1.29 is 9.53 Å². The average molecular weight is 347 g/mol. The summed E-state index contributed by atoms with van der Waals surface area (Å²) in [5.74, 6) is -0.0203. The summed E-state index contributed by atoms with van der Waals surface area (Å²) in [7, 11) is 0. The van der Waals surface area contributed by atoms with Crippen molar-refractivity contribution in [1.82, 2.24) is 5.32 Å². The summed E-state index contributed by atoms with van der Waals surface area (Å²) in [6.45, 7) is 5.34. The number of halogens is 1. The second-order valence-electron chi connectivity index (χ2n) is 4.04. The molecule has 0 heterocycles. The topological polar surface area (TPSA) is 38.3 Å². The Hall–Kier alpha value is -0.620. The van der Waals surface area contributed by atoms with E-state index in [0.29, 0.717) is 18.7 Å². The molecule has 0 bridgehead atoms. The molecule has 1 aromatic rings. The molecule has 4 heteroatoms. The van der Waals surface area contributed by atoms with Crippen LogP contribution in [-0.4, -0.2) is 25.2 Å². The van der Waals surface area contributed by atoms with Crippen molar-refractivity contribution in [2.24, 2.45) is 0 Å². The van der Waals surface area contributed by atoms with Crippen LogP contribution in [0.2, 0.25) is 0 Å². The van der Waals surface area contributed by atoms with Gasteiger partial charge in [-0.25, -0.2) is 0 Å². The first-order chi connectivity index (χ1) is 8.09. The zero-order valence-electron chi connectivity index (χ0n) is 10.2. The maximum Gasteiger partial charge on any atom is 0.251 e. The largest absolute Gasteiger partial charge is 0.379 e. The average Bonchev–Trinajstić information content (AvgIpc) is 2.28. The summed E-state index contributed by atoms with van der Waals surface area (Å²) in [5.41, 5.74) is 0.710. The number of rotatable bonds is 6. The van der Waals surface area contributed by atoms with E-state index >= 15 is 0 Å². The monoisotopic (exact) mass is 347 g/mol. The summed E-state index contributed by atoms with van der Waals surface area (Å²) >= 11 is 2.20. The predicted molar refractivity (Wildman–Crippen MR) is 77.2 cm³/mol. The summed E-state index contributed by atoms with van der Waals surface area (Å²) < 4.78 is 6.46. The van der Waals surface area contributed by atoms with Crippen molar-refractivity contribution in [2.45, 2.75) is 26.4 Å². The Labute approximate surface area is 116 Å². The molecule has 0 saturated carbocycles. The molecule has 1 N–H and O–H groups in total. The SMILES string of the molecule is CC(C)OCCCNC(=O)c1cccc(I)c1. The Morgan fingerprint density at radius 1 is 1.47 bits per heavy atom. The Morgan fingerprint density at radius 2 is 2.24 bits per heavy atom. The Morgan fingerprint density at radius 3 is 2.88 bits per heavy atom. The highest BCUT2D eigenvalue weighted by Gasteiger charge is 2.04. The highest BCUT2D eigenvalue weighted by molar-refractivity contribution is 14.1. The van der Waals surface area contributed by atoms with E-state index < -0.39 is 0 Å². The lowest BCUT2D eigenvalue weighted by Crippen LogP contribution is -2.25. The quantitative estimate of drug-likeness (QED) is 0.635. The molecule has 3 nitrogen and oxygen atoms in total. The molecule has 0 atom stereocenters. The van der Waals surface area contributed by atoms with Gasteiger partial charge in [-0.1, -0.05) is 6.07 Å². The van der Waals surface area contributed by atoms with Gasteiger partial charge in [0.1, 0.15) is 0 Å². The molecule has 0 radical (unpaired) electrons. The lowest BCUT2D eigenvalue weighted by molar-refractivity contribution is 0.0757. The van der Waals surface area contributed by atoms with E-state index in [4.69, 9.17) is 4.74 Å². The van der Waals surface area contributed by atoms with Gasteiger partial charge in [0.05, 0.1) is 6.10 Å². The molecular formula is C13H18INO2. The fourth-order valence-electron chi connectivity index (χ4n) is 1.32. The fraction of sp³-hybridized carbons (Fsp3) is 0.462. The minimum atomic E-state index is -0.0203. The van der Waals surface area contributed by atoms with E-state index in [2.05, 4.69) is 27.9 Å².